The molecule has 23 heavy (non-hydrogen) atoms. The summed E-state index contributed by atoms with van der Waals surface area (Å²) in [6, 6.07) is 0. The van der Waals surface area contributed by atoms with Crippen LogP contribution in [-0.2, 0) is 24.0 Å². The Kier molecular flexibility index (Phi) is 3.96. The summed E-state index contributed by atoms with van der Waals surface area (Å²) in [6.07, 6.45) is 3.39. The van der Waals surface area contributed by atoms with Crippen molar-refractivity contribution in [3.8, 4) is 0 Å². The standard InChI is InChI=1S/C17H26O6/c1-4-15(2,3)14(19)23-17-6-11-5-16(9-17,10-21-20)7-12(8-17)22-13(11)18/h11-12,20H,4-10H2,1-3H3. The zero-order valence-corrected chi connectivity index (χ0v) is 14.1. The van der Waals surface area contributed by atoms with Crippen LogP contribution in [0, 0.1) is 16.7 Å². The SMILES string of the molecule is CCC(C)(C)C(=O)OC12CC3CC(COO)(CC(C1)C(=O)O3)C2. The summed E-state index contributed by atoms with van der Waals surface area (Å²) in [4.78, 5) is 29.3. The van der Waals surface area contributed by atoms with E-state index < -0.39 is 11.0 Å². The first kappa shape index (κ1) is 16.7. The lowest BCUT2D eigenvalue weighted by atomic mass is 9.57. The highest BCUT2D eigenvalue weighted by molar-refractivity contribution is 5.77. The highest BCUT2D eigenvalue weighted by Crippen LogP contribution is 2.58. The summed E-state index contributed by atoms with van der Waals surface area (Å²) in [5.74, 6) is -0.722. The van der Waals surface area contributed by atoms with E-state index >= 15 is 0 Å². The van der Waals surface area contributed by atoms with Gasteiger partial charge in [-0.1, -0.05) is 6.92 Å². The summed E-state index contributed by atoms with van der Waals surface area (Å²) in [5.41, 5.74) is -1.59. The van der Waals surface area contributed by atoms with E-state index in [-0.39, 0.29) is 36.0 Å². The summed E-state index contributed by atoms with van der Waals surface area (Å²) in [7, 11) is 0. The van der Waals surface area contributed by atoms with Crippen molar-refractivity contribution < 1.29 is 29.2 Å². The number of hydrogen-bond donors (Lipinski definition) is 1. The second-order valence-electron chi connectivity index (χ2n) is 8.33. The third kappa shape index (κ3) is 2.87. The second-order valence-corrected chi connectivity index (χ2v) is 8.33. The fourth-order valence-corrected chi connectivity index (χ4v) is 4.57. The molecule has 0 aromatic heterocycles. The van der Waals surface area contributed by atoms with Crippen molar-refractivity contribution in [3.05, 3.63) is 0 Å². The van der Waals surface area contributed by atoms with Crippen LogP contribution in [0.5, 0.6) is 0 Å². The van der Waals surface area contributed by atoms with Gasteiger partial charge in [0.2, 0.25) is 0 Å². The maximum atomic E-state index is 12.6. The molecule has 1 N–H and O–H groups in total. The molecule has 0 aromatic rings. The number of fused-ring (bicyclic) bond motifs is 1. The molecule has 4 bridgehead atoms. The van der Waals surface area contributed by atoms with Gasteiger partial charge in [0.05, 0.1) is 17.9 Å². The van der Waals surface area contributed by atoms with Gasteiger partial charge in [0.15, 0.2) is 0 Å². The molecule has 4 fully saturated rings. The van der Waals surface area contributed by atoms with E-state index in [9.17, 15) is 9.59 Å². The molecule has 4 atom stereocenters. The molecule has 4 rings (SSSR count). The molecule has 2 aliphatic heterocycles. The molecule has 0 aromatic carbocycles. The molecule has 2 saturated carbocycles. The molecule has 2 heterocycles. The predicted molar refractivity (Wildman–Crippen MR) is 80.4 cm³/mol. The Morgan fingerprint density at radius 3 is 2.74 bits per heavy atom. The molecule has 4 unspecified atom stereocenters. The van der Waals surface area contributed by atoms with Crippen molar-refractivity contribution in [2.45, 2.75) is 71.0 Å². The topological polar surface area (TPSA) is 82.1 Å². The number of rotatable bonds is 5. The molecule has 6 nitrogen and oxygen atoms in total. The number of hydrogen-bond acceptors (Lipinski definition) is 6. The highest BCUT2D eigenvalue weighted by atomic mass is 17.1. The van der Waals surface area contributed by atoms with Gasteiger partial charge in [-0.15, -0.1) is 0 Å². The van der Waals surface area contributed by atoms with Crippen molar-refractivity contribution in [1.29, 1.82) is 0 Å². The predicted octanol–water partition coefficient (Wildman–Crippen LogP) is 2.70. The molecule has 0 radical (unpaired) electrons. The van der Waals surface area contributed by atoms with E-state index in [4.69, 9.17) is 14.7 Å². The van der Waals surface area contributed by atoms with Crippen molar-refractivity contribution in [3.63, 3.8) is 0 Å². The molecule has 2 aliphatic carbocycles. The molecule has 6 heteroatoms. The minimum absolute atomic E-state index is 0.146. The van der Waals surface area contributed by atoms with Crippen LogP contribution < -0.4 is 0 Å². The molecular formula is C17H26O6. The average Bonchev–Trinajstić information content (AvgIpc) is 2.59. The Hall–Kier alpha value is -1.14. The zero-order chi connectivity index (χ0) is 16.9. The van der Waals surface area contributed by atoms with E-state index in [2.05, 4.69) is 4.89 Å². The highest BCUT2D eigenvalue weighted by Gasteiger charge is 2.61. The van der Waals surface area contributed by atoms with Gasteiger partial charge in [0.1, 0.15) is 11.7 Å². The van der Waals surface area contributed by atoms with Crippen LogP contribution in [0.4, 0.5) is 0 Å². The largest absolute Gasteiger partial charge is 0.462 e. The molecule has 4 aliphatic rings. The van der Waals surface area contributed by atoms with Gasteiger partial charge in [-0.3, -0.25) is 14.8 Å². The van der Waals surface area contributed by atoms with E-state index in [0.29, 0.717) is 38.5 Å². The lowest BCUT2D eigenvalue weighted by Gasteiger charge is -2.52. The Labute approximate surface area is 136 Å². The van der Waals surface area contributed by atoms with Crippen molar-refractivity contribution in [2.24, 2.45) is 16.7 Å². The minimum atomic E-state index is -0.681. The first-order chi connectivity index (χ1) is 10.7. The van der Waals surface area contributed by atoms with Crippen LogP contribution in [-0.4, -0.2) is 35.5 Å². The summed E-state index contributed by atoms with van der Waals surface area (Å²) in [5, 5.41) is 8.98. The third-order valence-electron chi connectivity index (χ3n) is 5.99. The smallest absolute Gasteiger partial charge is 0.312 e. The van der Waals surface area contributed by atoms with Gasteiger partial charge in [-0.25, -0.2) is 4.89 Å². The van der Waals surface area contributed by atoms with E-state index in [1.54, 1.807) is 0 Å². The molecule has 0 spiro atoms. The minimum Gasteiger partial charge on any atom is -0.462 e. The lowest BCUT2D eigenvalue weighted by molar-refractivity contribution is -0.279. The van der Waals surface area contributed by atoms with Gasteiger partial charge in [0, 0.05) is 18.3 Å². The molecule has 0 amide bonds. The fourth-order valence-electron chi connectivity index (χ4n) is 4.57. The van der Waals surface area contributed by atoms with E-state index in [0.717, 1.165) is 0 Å². The van der Waals surface area contributed by atoms with Gasteiger partial charge < -0.3 is 9.47 Å². The fraction of sp³-hybridized carbons (Fsp3) is 0.882. The van der Waals surface area contributed by atoms with Crippen LogP contribution in [0.2, 0.25) is 0 Å². The van der Waals surface area contributed by atoms with Crippen LogP contribution >= 0.6 is 0 Å². The maximum Gasteiger partial charge on any atom is 0.312 e. The quantitative estimate of drug-likeness (QED) is 0.475. The Morgan fingerprint density at radius 2 is 2.09 bits per heavy atom. The number of carbonyl (C=O) groups excluding carboxylic acids is 2. The number of esters is 2. The van der Waals surface area contributed by atoms with E-state index in [1.165, 1.54) is 0 Å². The molecule has 2 saturated heterocycles. The number of ether oxygens (including phenoxy) is 2. The Morgan fingerprint density at radius 1 is 1.35 bits per heavy atom. The van der Waals surface area contributed by atoms with Crippen molar-refractivity contribution in [1.82, 2.24) is 0 Å². The van der Waals surface area contributed by atoms with Gasteiger partial charge >= 0.3 is 11.9 Å². The van der Waals surface area contributed by atoms with Crippen molar-refractivity contribution >= 4 is 11.9 Å². The summed E-state index contributed by atoms with van der Waals surface area (Å²) < 4.78 is 11.6. The Bertz CT molecular complexity index is 515. The summed E-state index contributed by atoms with van der Waals surface area (Å²) in [6.45, 7) is 5.85. The molecule has 130 valence electrons. The zero-order valence-electron chi connectivity index (χ0n) is 14.1. The van der Waals surface area contributed by atoms with Gasteiger partial charge in [-0.05, 0) is 39.5 Å². The first-order valence-electron chi connectivity index (χ1n) is 8.43. The van der Waals surface area contributed by atoms with Crippen LogP contribution in [0.25, 0.3) is 0 Å². The monoisotopic (exact) mass is 326 g/mol. The lowest BCUT2D eigenvalue weighted by Crippen LogP contribution is -2.55. The first-order valence-corrected chi connectivity index (χ1v) is 8.43. The third-order valence-corrected chi connectivity index (χ3v) is 5.99. The summed E-state index contributed by atoms with van der Waals surface area (Å²) >= 11 is 0. The van der Waals surface area contributed by atoms with Crippen molar-refractivity contribution in [2.75, 3.05) is 6.61 Å². The Balaban J connectivity index is 1.90. The second kappa shape index (κ2) is 5.45. The van der Waals surface area contributed by atoms with Crippen LogP contribution in [0.3, 0.4) is 0 Å². The number of carbonyl (C=O) groups is 2. The maximum absolute atomic E-state index is 12.6. The molecular weight excluding hydrogens is 300 g/mol. The normalized spacial score (nSPS) is 39.0. The van der Waals surface area contributed by atoms with Gasteiger partial charge in [0.25, 0.3) is 0 Å². The van der Waals surface area contributed by atoms with Crippen LogP contribution in [0.15, 0.2) is 0 Å². The average molecular weight is 326 g/mol. The van der Waals surface area contributed by atoms with E-state index in [1.807, 2.05) is 20.8 Å². The van der Waals surface area contributed by atoms with Gasteiger partial charge in [-0.2, -0.15) is 0 Å². The van der Waals surface area contributed by atoms with Crippen LogP contribution in [0.1, 0.15) is 59.3 Å².